The van der Waals surface area contributed by atoms with Gasteiger partial charge in [-0.15, -0.1) is 0 Å². The van der Waals surface area contributed by atoms with Crippen molar-refractivity contribution in [1.82, 2.24) is 5.32 Å². The van der Waals surface area contributed by atoms with Gasteiger partial charge in [0.05, 0.1) is 13.1 Å². The van der Waals surface area contributed by atoms with Crippen LogP contribution in [0.2, 0.25) is 0 Å². The average molecular weight is 275 g/mol. The molecule has 106 valence electrons. The van der Waals surface area contributed by atoms with Crippen molar-refractivity contribution >= 4 is 23.4 Å². The normalized spacial score (nSPS) is 20.4. The maximum atomic E-state index is 11.9. The molecule has 2 heterocycles. The Bertz CT molecular complexity index is 559. The lowest BCUT2D eigenvalue weighted by Crippen LogP contribution is -2.33. The van der Waals surface area contributed by atoms with Crippen LogP contribution in [0, 0.1) is 0 Å². The lowest BCUT2D eigenvalue weighted by molar-refractivity contribution is -0.119. The number of hydrogen-bond acceptors (Lipinski definition) is 4. The predicted octanol–water partition coefficient (Wildman–Crippen LogP) is 1.12. The van der Waals surface area contributed by atoms with E-state index in [1.165, 1.54) is 12.5 Å². The molecule has 1 aromatic carbocycles. The second-order valence-corrected chi connectivity index (χ2v) is 5.07. The molecule has 6 nitrogen and oxygen atoms in total. The summed E-state index contributed by atoms with van der Waals surface area (Å²) in [5.74, 6) is -0.122. The molecule has 20 heavy (non-hydrogen) atoms. The molecular weight excluding hydrogens is 258 g/mol. The summed E-state index contributed by atoms with van der Waals surface area (Å²) in [5.41, 5.74) is 3.21. The van der Waals surface area contributed by atoms with E-state index >= 15 is 0 Å². The number of benzene rings is 1. The summed E-state index contributed by atoms with van der Waals surface area (Å²) in [5, 5.41) is 5.96. The van der Waals surface area contributed by atoms with Crippen LogP contribution in [0.15, 0.2) is 18.2 Å². The van der Waals surface area contributed by atoms with E-state index in [9.17, 15) is 9.59 Å². The average Bonchev–Trinajstić information content (AvgIpc) is 3.01. The highest BCUT2D eigenvalue weighted by atomic mass is 16.6. The predicted molar refractivity (Wildman–Crippen MR) is 74.9 cm³/mol. The molecule has 1 fully saturated rings. The van der Waals surface area contributed by atoms with Crippen molar-refractivity contribution in [2.24, 2.45) is 0 Å². The molecule has 1 aromatic rings. The van der Waals surface area contributed by atoms with Crippen LogP contribution in [0.4, 0.5) is 16.2 Å². The molecule has 0 bridgehead atoms. The van der Waals surface area contributed by atoms with Crippen molar-refractivity contribution in [3.05, 3.63) is 23.8 Å². The number of cyclic esters (lactones) is 1. The number of ether oxygens (including phenoxy) is 1. The number of amides is 2. The number of hydrogen-bond donors (Lipinski definition) is 2. The standard InChI is InChI=1S/C14H17N3O3/c1-9(18)16-7-12-8-17(14(19)20-12)11-2-3-13-10(6-11)4-5-15-13/h2-3,6,12,15H,4-5,7-8H2,1H3,(H,16,18)/t12-/m0/s1. The molecule has 1 saturated heterocycles. The second-order valence-electron chi connectivity index (χ2n) is 5.07. The van der Waals surface area contributed by atoms with Crippen LogP contribution in [-0.2, 0) is 16.0 Å². The minimum absolute atomic E-state index is 0.122. The van der Waals surface area contributed by atoms with Gasteiger partial charge in [-0.2, -0.15) is 0 Å². The molecule has 0 spiro atoms. The van der Waals surface area contributed by atoms with E-state index in [0.29, 0.717) is 13.1 Å². The Labute approximate surface area is 117 Å². The summed E-state index contributed by atoms with van der Waals surface area (Å²) in [4.78, 5) is 24.4. The van der Waals surface area contributed by atoms with E-state index in [1.807, 2.05) is 18.2 Å². The van der Waals surface area contributed by atoms with E-state index in [0.717, 1.165) is 24.3 Å². The van der Waals surface area contributed by atoms with Gasteiger partial charge < -0.3 is 15.4 Å². The molecule has 0 unspecified atom stereocenters. The Balaban J connectivity index is 1.71. The third-order valence-corrected chi connectivity index (χ3v) is 3.56. The molecule has 2 aliphatic heterocycles. The third-order valence-electron chi connectivity index (χ3n) is 3.56. The summed E-state index contributed by atoms with van der Waals surface area (Å²) < 4.78 is 5.25. The zero-order chi connectivity index (χ0) is 14.1. The summed E-state index contributed by atoms with van der Waals surface area (Å²) in [7, 11) is 0. The number of anilines is 2. The number of nitrogens with zero attached hydrogens (tertiary/aromatic N) is 1. The van der Waals surface area contributed by atoms with Gasteiger partial charge in [0.25, 0.3) is 0 Å². The fourth-order valence-corrected chi connectivity index (χ4v) is 2.56. The van der Waals surface area contributed by atoms with E-state index < -0.39 is 0 Å². The number of nitrogens with one attached hydrogen (secondary N) is 2. The summed E-state index contributed by atoms with van der Waals surface area (Å²) in [6.07, 6.45) is 0.325. The molecule has 0 saturated carbocycles. The molecule has 0 aromatic heterocycles. The molecular formula is C14H17N3O3. The van der Waals surface area contributed by atoms with Crippen molar-refractivity contribution in [3.63, 3.8) is 0 Å². The van der Waals surface area contributed by atoms with Crippen molar-refractivity contribution in [3.8, 4) is 0 Å². The minimum Gasteiger partial charge on any atom is -0.442 e. The first-order valence-electron chi connectivity index (χ1n) is 6.73. The molecule has 2 amide bonds. The van der Waals surface area contributed by atoms with Crippen molar-refractivity contribution in [2.45, 2.75) is 19.4 Å². The molecule has 6 heteroatoms. The zero-order valence-electron chi connectivity index (χ0n) is 11.3. The Hall–Kier alpha value is -2.24. The van der Waals surface area contributed by atoms with E-state index in [2.05, 4.69) is 10.6 Å². The van der Waals surface area contributed by atoms with Crippen LogP contribution in [0.25, 0.3) is 0 Å². The molecule has 1 atom stereocenters. The lowest BCUT2D eigenvalue weighted by Gasteiger charge is -2.14. The SMILES string of the molecule is CC(=O)NC[C@H]1CN(c2ccc3c(c2)CCN3)C(=O)O1. The van der Waals surface area contributed by atoms with Gasteiger partial charge in [0.1, 0.15) is 6.10 Å². The van der Waals surface area contributed by atoms with Crippen molar-refractivity contribution in [2.75, 3.05) is 29.9 Å². The highest BCUT2D eigenvalue weighted by Gasteiger charge is 2.32. The van der Waals surface area contributed by atoms with Crippen LogP contribution in [0.3, 0.4) is 0 Å². The monoisotopic (exact) mass is 275 g/mol. The van der Waals surface area contributed by atoms with Gasteiger partial charge in [0.15, 0.2) is 0 Å². The van der Waals surface area contributed by atoms with Gasteiger partial charge in [0, 0.05) is 24.8 Å². The smallest absolute Gasteiger partial charge is 0.414 e. The van der Waals surface area contributed by atoms with Gasteiger partial charge in [-0.25, -0.2) is 4.79 Å². The molecule has 0 radical (unpaired) electrons. The lowest BCUT2D eigenvalue weighted by atomic mass is 10.1. The van der Waals surface area contributed by atoms with Gasteiger partial charge in [0.2, 0.25) is 5.91 Å². The van der Waals surface area contributed by atoms with Crippen LogP contribution in [0.5, 0.6) is 0 Å². The summed E-state index contributed by atoms with van der Waals surface area (Å²) in [6.45, 7) is 3.20. The minimum atomic E-state index is -0.355. The second kappa shape index (κ2) is 5.03. The largest absolute Gasteiger partial charge is 0.442 e. The van der Waals surface area contributed by atoms with Gasteiger partial charge in [-0.05, 0) is 30.2 Å². The number of carbonyl (C=O) groups excluding carboxylic acids is 2. The number of carbonyl (C=O) groups is 2. The Kier molecular flexibility index (Phi) is 3.22. The van der Waals surface area contributed by atoms with Crippen LogP contribution < -0.4 is 15.5 Å². The van der Waals surface area contributed by atoms with Gasteiger partial charge >= 0.3 is 6.09 Å². The van der Waals surface area contributed by atoms with Gasteiger partial charge in [-0.3, -0.25) is 9.69 Å². The van der Waals surface area contributed by atoms with E-state index in [1.54, 1.807) is 4.90 Å². The summed E-state index contributed by atoms with van der Waals surface area (Å²) in [6, 6.07) is 5.93. The van der Waals surface area contributed by atoms with Crippen molar-refractivity contribution < 1.29 is 14.3 Å². The van der Waals surface area contributed by atoms with Crippen LogP contribution >= 0.6 is 0 Å². The first-order chi connectivity index (χ1) is 9.63. The first kappa shape index (κ1) is 12.8. The van der Waals surface area contributed by atoms with Crippen LogP contribution in [0.1, 0.15) is 12.5 Å². The molecule has 3 rings (SSSR count). The highest BCUT2D eigenvalue weighted by Crippen LogP contribution is 2.29. The topological polar surface area (TPSA) is 70.7 Å². The molecule has 0 aliphatic carbocycles. The Morgan fingerprint density at radius 3 is 3.20 bits per heavy atom. The summed E-state index contributed by atoms with van der Waals surface area (Å²) >= 11 is 0. The molecule has 2 N–H and O–H groups in total. The number of fused-ring (bicyclic) bond motifs is 1. The number of rotatable bonds is 3. The maximum Gasteiger partial charge on any atom is 0.414 e. The Morgan fingerprint density at radius 1 is 1.55 bits per heavy atom. The quantitative estimate of drug-likeness (QED) is 0.867. The van der Waals surface area contributed by atoms with Gasteiger partial charge in [-0.1, -0.05) is 0 Å². The highest BCUT2D eigenvalue weighted by molar-refractivity contribution is 5.90. The van der Waals surface area contributed by atoms with Crippen molar-refractivity contribution in [1.29, 1.82) is 0 Å². The molecule has 2 aliphatic rings. The van der Waals surface area contributed by atoms with Crippen LogP contribution in [-0.4, -0.2) is 37.7 Å². The first-order valence-corrected chi connectivity index (χ1v) is 6.73. The fourth-order valence-electron chi connectivity index (χ4n) is 2.56. The fraction of sp³-hybridized carbons (Fsp3) is 0.429. The third kappa shape index (κ3) is 2.41. The van der Waals surface area contributed by atoms with E-state index in [-0.39, 0.29) is 18.1 Å². The van der Waals surface area contributed by atoms with E-state index in [4.69, 9.17) is 4.74 Å². The zero-order valence-corrected chi connectivity index (χ0v) is 11.3. The Morgan fingerprint density at radius 2 is 2.40 bits per heavy atom. The maximum absolute atomic E-state index is 11.9.